The minimum absolute atomic E-state index is 0.144. The molecular weight excluding hydrogens is 226 g/mol. The molecule has 2 unspecified atom stereocenters. The van der Waals surface area contributed by atoms with Gasteiger partial charge < -0.3 is 10.6 Å². The summed E-state index contributed by atoms with van der Waals surface area (Å²) >= 11 is 0. The molecule has 1 aromatic rings. The van der Waals surface area contributed by atoms with Gasteiger partial charge in [-0.05, 0) is 12.5 Å². The Labute approximate surface area is 107 Å². The number of carbonyl (C=O) groups is 1. The summed E-state index contributed by atoms with van der Waals surface area (Å²) in [6.45, 7) is 5.26. The number of nitrogens with one attached hydrogen (secondary N) is 2. The molecule has 2 saturated heterocycles. The van der Waals surface area contributed by atoms with E-state index in [1.54, 1.807) is 0 Å². The summed E-state index contributed by atoms with van der Waals surface area (Å²) in [5.41, 5.74) is 2.57. The number of hydrogen-bond acceptors (Lipinski definition) is 3. The first-order valence-electron chi connectivity index (χ1n) is 6.54. The van der Waals surface area contributed by atoms with Gasteiger partial charge in [0, 0.05) is 31.7 Å². The SMILES string of the molecule is Cc1ccc(C2CNCC3CNC(=O)CN32)cc1. The molecule has 0 bridgehead atoms. The van der Waals surface area contributed by atoms with Crippen LogP contribution in [-0.4, -0.2) is 43.0 Å². The third kappa shape index (κ3) is 2.13. The van der Waals surface area contributed by atoms with Gasteiger partial charge in [-0.15, -0.1) is 0 Å². The smallest absolute Gasteiger partial charge is 0.234 e. The lowest BCUT2D eigenvalue weighted by molar-refractivity contribution is -0.127. The molecule has 2 aliphatic rings. The van der Waals surface area contributed by atoms with Gasteiger partial charge in [-0.25, -0.2) is 0 Å². The first kappa shape index (κ1) is 11.7. The average Bonchev–Trinajstić information content (AvgIpc) is 2.39. The highest BCUT2D eigenvalue weighted by molar-refractivity contribution is 5.79. The van der Waals surface area contributed by atoms with Gasteiger partial charge in [0.1, 0.15) is 0 Å². The lowest BCUT2D eigenvalue weighted by Gasteiger charge is -2.45. The molecule has 18 heavy (non-hydrogen) atoms. The Morgan fingerprint density at radius 3 is 2.72 bits per heavy atom. The molecule has 2 heterocycles. The van der Waals surface area contributed by atoms with Gasteiger partial charge in [-0.3, -0.25) is 9.69 Å². The number of benzene rings is 1. The van der Waals surface area contributed by atoms with Gasteiger partial charge in [-0.2, -0.15) is 0 Å². The Hall–Kier alpha value is -1.39. The van der Waals surface area contributed by atoms with E-state index in [1.165, 1.54) is 11.1 Å². The van der Waals surface area contributed by atoms with Crippen molar-refractivity contribution in [2.24, 2.45) is 0 Å². The second kappa shape index (κ2) is 4.71. The van der Waals surface area contributed by atoms with Crippen molar-refractivity contribution >= 4 is 5.91 Å². The predicted octanol–water partition coefficient (Wildman–Crippen LogP) is 0.440. The number of rotatable bonds is 1. The van der Waals surface area contributed by atoms with Crippen molar-refractivity contribution in [2.75, 3.05) is 26.2 Å². The molecule has 1 aromatic carbocycles. The van der Waals surface area contributed by atoms with Crippen molar-refractivity contribution in [1.29, 1.82) is 0 Å². The molecule has 2 aliphatic heterocycles. The van der Waals surface area contributed by atoms with Crippen LogP contribution in [0.25, 0.3) is 0 Å². The van der Waals surface area contributed by atoms with Crippen LogP contribution in [0.2, 0.25) is 0 Å². The van der Waals surface area contributed by atoms with E-state index in [9.17, 15) is 4.79 Å². The summed E-state index contributed by atoms with van der Waals surface area (Å²) < 4.78 is 0. The molecule has 0 radical (unpaired) electrons. The fraction of sp³-hybridized carbons (Fsp3) is 0.500. The van der Waals surface area contributed by atoms with Crippen LogP contribution < -0.4 is 10.6 Å². The molecule has 3 rings (SSSR count). The Kier molecular flexibility index (Phi) is 3.06. The Bertz CT molecular complexity index is 443. The van der Waals surface area contributed by atoms with Crippen molar-refractivity contribution in [1.82, 2.24) is 15.5 Å². The second-order valence-corrected chi connectivity index (χ2v) is 5.21. The van der Waals surface area contributed by atoms with Gasteiger partial charge >= 0.3 is 0 Å². The van der Waals surface area contributed by atoms with Crippen molar-refractivity contribution < 1.29 is 4.79 Å². The van der Waals surface area contributed by atoms with Gasteiger partial charge in [0.05, 0.1) is 6.54 Å². The molecule has 0 spiro atoms. The van der Waals surface area contributed by atoms with Gasteiger partial charge in [0.25, 0.3) is 0 Å². The van der Waals surface area contributed by atoms with Crippen LogP contribution in [0.4, 0.5) is 0 Å². The fourth-order valence-electron chi connectivity index (χ4n) is 2.86. The number of aryl methyl sites for hydroxylation is 1. The zero-order chi connectivity index (χ0) is 12.5. The largest absolute Gasteiger partial charge is 0.353 e. The molecule has 0 aromatic heterocycles. The summed E-state index contributed by atoms with van der Waals surface area (Å²) in [6.07, 6.45) is 0. The number of nitrogens with zero attached hydrogens (tertiary/aromatic N) is 1. The third-order valence-electron chi connectivity index (χ3n) is 3.91. The zero-order valence-electron chi connectivity index (χ0n) is 10.6. The van der Waals surface area contributed by atoms with Gasteiger partial charge in [-0.1, -0.05) is 29.8 Å². The topological polar surface area (TPSA) is 44.4 Å². The van der Waals surface area contributed by atoms with E-state index < -0.39 is 0 Å². The predicted molar refractivity (Wildman–Crippen MR) is 70.3 cm³/mol. The van der Waals surface area contributed by atoms with Crippen molar-refractivity contribution in [3.05, 3.63) is 35.4 Å². The van der Waals surface area contributed by atoms with E-state index in [0.29, 0.717) is 18.6 Å². The van der Waals surface area contributed by atoms with E-state index in [1.807, 2.05) is 0 Å². The maximum Gasteiger partial charge on any atom is 0.234 e. The molecule has 4 nitrogen and oxygen atoms in total. The van der Waals surface area contributed by atoms with E-state index in [2.05, 4.69) is 46.7 Å². The molecule has 0 aliphatic carbocycles. The lowest BCUT2D eigenvalue weighted by Crippen LogP contribution is -2.62. The fourth-order valence-corrected chi connectivity index (χ4v) is 2.86. The van der Waals surface area contributed by atoms with Crippen LogP contribution in [-0.2, 0) is 4.79 Å². The Morgan fingerprint density at radius 1 is 1.17 bits per heavy atom. The summed E-state index contributed by atoms with van der Waals surface area (Å²) in [5.74, 6) is 0.144. The molecule has 1 amide bonds. The van der Waals surface area contributed by atoms with E-state index >= 15 is 0 Å². The minimum Gasteiger partial charge on any atom is -0.353 e. The summed E-state index contributed by atoms with van der Waals surface area (Å²) in [7, 11) is 0. The molecular formula is C14H19N3O. The maximum atomic E-state index is 11.6. The normalized spacial score (nSPS) is 28.6. The van der Waals surface area contributed by atoms with Crippen LogP contribution in [0.5, 0.6) is 0 Å². The molecule has 2 atom stereocenters. The Balaban J connectivity index is 1.85. The van der Waals surface area contributed by atoms with E-state index in [-0.39, 0.29) is 5.91 Å². The van der Waals surface area contributed by atoms with Crippen molar-refractivity contribution in [2.45, 2.75) is 19.0 Å². The van der Waals surface area contributed by atoms with E-state index in [0.717, 1.165) is 19.6 Å². The minimum atomic E-state index is 0.144. The van der Waals surface area contributed by atoms with Crippen LogP contribution >= 0.6 is 0 Å². The van der Waals surface area contributed by atoms with Crippen LogP contribution in [0.1, 0.15) is 17.2 Å². The Morgan fingerprint density at radius 2 is 1.94 bits per heavy atom. The van der Waals surface area contributed by atoms with E-state index in [4.69, 9.17) is 0 Å². The van der Waals surface area contributed by atoms with Crippen LogP contribution in [0, 0.1) is 6.92 Å². The zero-order valence-corrected chi connectivity index (χ0v) is 10.6. The molecule has 2 fully saturated rings. The summed E-state index contributed by atoms with van der Waals surface area (Å²) in [5, 5.41) is 6.41. The van der Waals surface area contributed by atoms with Crippen molar-refractivity contribution in [3.8, 4) is 0 Å². The first-order valence-corrected chi connectivity index (χ1v) is 6.54. The molecule has 96 valence electrons. The van der Waals surface area contributed by atoms with Crippen molar-refractivity contribution in [3.63, 3.8) is 0 Å². The number of piperazine rings is 2. The number of fused-ring (bicyclic) bond motifs is 1. The van der Waals surface area contributed by atoms with Crippen LogP contribution in [0.15, 0.2) is 24.3 Å². The quantitative estimate of drug-likeness (QED) is 0.754. The van der Waals surface area contributed by atoms with Gasteiger partial charge in [0.15, 0.2) is 0 Å². The average molecular weight is 245 g/mol. The summed E-state index contributed by atoms with van der Waals surface area (Å²) in [4.78, 5) is 13.9. The molecule has 2 N–H and O–H groups in total. The number of amides is 1. The second-order valence-electron chi connectivity index (χ2n) is 5.21. The highest BCUT2D eigenvalue weighted by Crippen LogP contribution is 2.26. The monoisotopic (exact) mass is 245 g/mol. The highest BCUT2D eigenvalue weighted by atomic mass is 16.2. The third-order valence-corrected chi connectivity index (χ3v) is 3.91. The molecule has 0 saturated carbocycles. The lowest BCUT2D eigenvalue weighted by atomic mass is 9.98. The number of carbonyl (C=O) groups excluding carboxylic acids is 1. The number of hydrogen-bond donors (Lipinski definition) is 2. The highest BCUT2D eigenvalue weighted by Gasteiger charge is 2.35. The van der Waals surface area contributed by atoms with Crippen LogP contribution in [0.3, 0.4) is 0 Å². The maximum absolute atomic E-state index is 11.6. The van der Waals surface area contributed by atoms with Gasteiger partial charge in [0.2, 0.25) is 5.91 Å². The summed E-state index contributed by atoms with van der Waals surface area (Å²) in [6, 6.07) is 9.37. The standard InChI is InChI=1S/C14H19N3O/c1-10-2-4-11(5-3-10)13-8-15-6-12-7-16-14(18)9-17(12)13/h2-5,12-13,15H,6-9H2,1H3,(H,16,18). The first-order chi connectivity index (χ1) is 8.74. The molecule has 4 heteroatoms.